The van der Waals surface area contributed by atoms with E-state index in [1.54, 1.807) is 6.08 Å². The van der Waals surface area contributed by atoms with Gasteiger partial charge in [-0.05, 0) is 50.5 Å². The van der Waals surface area contributed by atoms with E-state index in [2.05, 4.69) is 18.8 Å². The fraction of sp³-hybridized carbons (Fsp3) is 0.241. The van der Waals surface area contributed by atoms with Crippen LogP contribution in [0.3, 0.4) is 0 Å². The van der Waals surface area contributed by atoms with E-state index in [0.29, 0.717) is 11.3 Å². The molecule has 0 saturated carbocycles. The summed E-state index contributed by atoms with van der Waals surface area (Å²) >= 11 is 0. The lowest BCUT2D eigenvalue weighted by Gasteiger charge is -2.27. The Kier molecular flexibility index (Phi) is 7.83. The predicted molar refractivity (Wildman–Crippen MR) is 137 cm³/mol. The first-order valence-corrected chi connectivity index (χ1v) is 11.4. The van der Waals surface area contributed by atoms with E-state index in [9.17, 15) is 4.79 Å². The second kappa shape index (κ2) is 10.8. The average molecular weight is 440 g/mol. The molecular weight excluding hydrogens is 406 g/mol. The van der Waals surface area contributed by atoms with Gasteiger partial charge in [0.1, 0.15) is 5.69 Å². The molecule has 4 nitrogen and oxygen atoms in total. The summed E-state index contributed by atoms with van der Waals surface area (Å²) in [5, 5.41) is 8.21. The number of carbonyl (C=O) groups is 1. The summed E-state index contributed by atoms with van der Waals surface area (Å²) in [6.45, 7) is 11.9. The van der Waals surface area contributed by atoms with Crippen LogP contribution in [0.1, 0.15) is 61.4 Å². The number of allylic oxidation sites excluding steroid dienone is 5. The molecule has 0 unspecified atom stereocenters. The van der Waals surface area contributed by atoms with E-state index in [-0.39, 0.29) is 5.91 Å². The maximum atomic E-state index is 13.9. The molecule has 3 aromatic rings. The lowest BCUT2D eigenvalue weighted by atomic mass is 9.93. The van der Waals surface area contributed by atoms with Crippen LogP contribution in [0.2, 0.25) is 0 Å². The smallest absolute Gasteiger partial charge is 0.256 e. The first kappa shape index (κ1) is 24.0. The third-order valence-electron chi connectivity index (χ3n) is 5.61. The second-order valence-corrected chi connectivity index (χ2v) is 8.45. The van der Waals surface area contributed by atoms with E-state index in [0.717, 1.165) is 35.4 Å². The Morgan fingerprint density at radius 3 is 2.30 bits per heavy atom. The third kappa shape index (κ3) is 5.40. The van der Waals surface area contributed by atoms with Gasteiger partial charge in [0.2, 0.25) is 0 Å². The molecule has 0 aliphatic heterocycles. The summed E-state index contributed by atoms with van der Waals surface area (Å²) in [6.07, 6.45) is 9.15. The fourth-order valence-electron chi connectivity index (χ4n) is 3.90. The molecule has 1 N–H and O–H groups in total. The van der Waals surface area contributed by atoms with Crippen LogP contribution in [0.25, 0.3) is 11.3 Å². The summed E-state index contributed by atoms with van der Waals surface area (Å²) in [5.41, 5.74) is 4.52. The van der Waals surface area contributed by atoms with Crippen molar-refractivity contribution in [3.63, 3.8) is 0 Å². The van der Waals surface area contributed by atoms with Crippen molar-refractivity contribution >= 4 is 11.5 Å². The topological polar surface area (TPSA) is 46.9 Å². The Hall–Kier alpha value is -3.66. The quantitative estimate of drug-likeness (QED) is 0.380. The Morgan fingerprint density at radius 2 is 1.73 bits per heavy atom. The van der Waals surface area contributed by atoms with Gasteiger partial charge in [-0.25, -0.2) is 4.68 Å². The number of carbonyl (C=O) groups excluding carboxylic acids is 1. The lowest BCUT2D eigenvalue weighted by Crippen LogP contribution is -2.41. The predicted octanol–water partition coefficient (Wildman–Crippen LogP) is 6.64. The van der Waals surface area contributed by atoms with Gasteiger partial charge in [0, 0.05) is 0 Å². The molecule has 0 saturated heterocycles. The van der Waals surface area contributed by atoms with E-state index >= 15 is 0 Å². The Bertz CT molecular complexity index is 1150. The maximum Gasteiger partial charge on any atom is 0.256 e. The van der Waals surface area contributed by atoms with Crippen molar-refractivity contribution in [2.45, 2.75) is 46.1 Å². The van der Waals surface area contributed by atoms with Gasteiger partial charge in [-0.2, -0.15) is 5.10 Å². The minimum atomic E-state index is -0.541. The highest BCUT2D eigenvalue weighted by Crippen LogP contribution is 2.28. The number of nitrogens with zero attached hydrogens (tertiary/aromatic N) is 2. The lowest BCUT2D eigenvalue weighted by molar-refractivity contribution is 0.0910. The van der Waals surface area contributed by atoms with Crippen LogP contribution in [0, 0.1) is 0 Å². The molecular formula is C29H33N3O. The molecule has 0 aliphatic rings. The number of hydrogen-bond donors (Lipinski definition) is 1. The van der Waals surface area contributed by atoms with Gasteiger partial charge in [0.15, 0.2) is 0 Å². The highest BCUT2D eigenvalue weighted by atomic mass is 16.1. The van der Waals surface area contributed by atoms with Crippen LogP contribution >= 0.6 is 0 Å². The largest absolute Gasteiger partial charge is 0.343 e. The molecule has 0 spiro atoms. The molecule has 1 aromatic heterocycles. The van der Waals surface area contributed by atoms with Crippen molar-refractivity contribution in [1.82, 2.24) is 15.1 Å². The normalized spacial score (nSPS) is 12.2. The standard InChI is InChI=1S/C29H33N3O/c1-6-9-17-22(8-3)27-26(28(33)30-29(4,5)23-18-12-10-13-19-23)25(16-7-2)32(31-27)24-20-14-11-15-21-24/h6,8-15,17-21H,1,7,16H2,2-5H3,(H,30,33)/b17-9-,22-8+. The van der Waals surface area contributed by atoms with E-state index in [1.165, 1.54) is 0 Å². The van der Waals surface area contributed by atoms with Gasteiger partial charge < -0.3 is 5.32 Å². The molecule has 170 valence electrons. The van der Waals surface area contributed by atoms with E-state index < -0.39 is 5.54 Å². The summed E-state index contributed by atoms with van der Waals surface area (Å²) in [6, 6.07) is 20.0. The molecule has 33 heavy (non-hydrogen) atoms. The number of benzene rings is 2. The molecule has 1 heterocycles. The number of rotatable bonds is 9. The van der Waals surface area contributed by atoms with Crippen LogP contribution in [0.5, 0.6) is 0 Å². The molecule has 0 aliphatic carbocycles. The van der Waals surface area contributed by atoms with Crippen LogP contribution in [0.15, 0.2) is 91.5 Å². The van der Waals surface area contributed by atoms with Crippen LogP contribution in [-0.4, -0.2) is 15.7 Å². The van der Waals surface area contributed by atoms with Crippen LogP contribution in [0.4, 0.5) is 0 Å². The molecule has 0 fully saturated rings. The SMILES string of the molecule is C=C/C=C\C(=C/C)c1nn(-c2ccccc2)c(CCC)c1C(=O)NC(C)(C)c1ccccc1. The number of nitrogens with one attached hydrogen (secondary N) is 1. The summed E-state index contributed by atoms with van der Waals surface area (Å²) in [5.74, 6) is -0.129. The van der Waals surface area contributed by atoms with Gasteiger partial charge >= 0.3 is 0 Å². The van der Waals surface area contributed by atoms with Gasteiger partial charge in [0.05, 0.1) is 22.5 Å². The first-order chi connectivity index (χ1) is 15.9. The number of aromatic nitrogens is 2. The van der Waals surface area contributed by atoms with Gasteiger partial charge in [0.25, 0.3) is 5.91 Å². The monoisotopic (exact) mass is 439 g/mol. The van der Waals surface area contributed by atoms with Crippen molar-refractivity contribution in [1.29, 1.82) is 0 Å². The van der Waals surface area contributed by atoms with Gasteiger partial charge in [-0.15, -0.1) is 0 Å². The molecule has 2 aromatic carbocycles. The number of para-hydroxylation sites is 1. The maximum absolute atomic E-state index is 13.9. The van der Waals surface area contributed by atoms with Crippen molar-refractivity contribution < 1.29 is 4.79 Å². The zero-order chi connectivity index (χ0) is 23.8. The van der Waals surface area contributed by atoms with Crippen LogP contribution in [-0.2, 0) is 12.0 Å². The minimum Gasteiger partial charge on any atom is -0.343 e. The average Bonchev–Trinajstić information content (AvgIpc) is 3.20. The van der Waals surface area contributed by atoms with E-state index in [1.807, 2.05) is 104 Å². The zero-order valence-electron chi connectivity index (χ0n) is 20.0. The van der Waals surface area contributed by atoms with Gasteiger partial charge in [-0.3, -0.25) is 4.79 Å². The van der Waals surface area contributed by atoms with Crippen molar-refractivity contribution in [2.75, 3.05) is 0 Å². The third-order valence-corrected chi connectivity index (χ3v) is 5.61. The van der Waals surface area contributed by atoms with Crippen molar-refractivity contribution in [3.05, 3.63) is 114 Å². The first-order valence-electron chi connectivity index (χ1n) is 11.4. The Balaban J connectivity index is 2.18. The zero-order valence-corrected chi connectivity index (χ0v) is 20.0. The fourth-order valence-corrected chi connectivity index (χ4v) is 3.90. The van der Waals surface area contributed by atoms with Crippen LogP contribution < -0.4 is 5.32 Å². The summed E-state index contributed by atoms with van der Waals surface area (Å²) < 4.78 is 1.91. The molecule has 0 radical (unpaired) electrons. The Morgan fingerprint density at radius 1 is 1.09 bits per heavy atom. The second-order valence-electron chi connectivity index (χ2n) is 8.45. The number of amides is 1. The molecule has 1 amide bonds. The summed E-state index contributed by atoms with van der Waals surface area (Å²) in [7, 11) is 0. The van der Waals surface area contributed by atoms with Crippen molar-refractivity contribution in [3.8, 4) is 5.69 Å². The Labute approximate surface area is 197 Å². The molecule has 0 atom stereocenters. The minimum absolute atomic E-state index is 0.129. The van der Waals surface area contributed by atoms with Gasteiger partial charge in [-0.1, -0.05) is 92.8 Å². The number of hydrogen-bond acceptors (Lipinski definition) is 2. The molecule has 3 rings (SSSR count). The highest BCUT2D eigenvalue weighted by Gasteiger charge is 2.30. The van der Waals surface area contributed by atoms with E-state index in [4.69, 9.17) is 5.10 Å². The highest BCUT2D eigenvalue weighted by molar-refractivity contribution is 6.01. The van der Waals surface area contributed by atoms with Crippen molar-refractivity contribution in [2.24, 2.45) is 0 Å². The molecule has 4 heteroatoms. The molecule has 0 bridgehead atoms. The summed E-state index contributed by atoms with van der Waals surface area (Å²) in [4.78, 5) is 13.9.